The van der Waals surface area contributed by atoms with Gasteiger partial charge in [0.25, 0.3) is 5.91 Å². The molecule has 1 heterocycles. The fourth-order valence-electron chi connectivity index (χ4n) is 2.75. The van der Waals surface area contributed by atoms with Crippen molar-refractivity contribution in [3.63, 3.8) is 0 Å². The maximum absolute atomic E-state index is 12.1. The predicted molar refractivity (Wildman–Crippen MR) is 107 cm³/mol. The second-order valence-electron chi connectivity index (χ2n) is 6.53. The molecule has 0 aliphatic heterocycles. The van der Waals surface area contributed by atoms with Crippen LogP contribution in [0.4, 0.5) is 0 Å². The molecule has 7 nitrogen and oxygen atoms in total. The van der Waals surface area contributed by atoms with Crippen LogP contribution in [0.2, 0.25) is 0 Å². The lowest BCUT2D eigenvalue weighted by Gasteiger charge is -2.14. The summed E-state index contributed by atoms with van der Waals surface area (Å²) in [6.07, 6.45) is -0.952. The monoisotopic (exact) mass is 395 g/mol. The zero-order valence-corrected chi connectivity index (χ0v) is 16.1. The van der Waals surface area contributed by atoms with Crippen LogP contribution in [-0.2, 0) is 20.9 Å². The van der Waals surface area contributed by atoms with Crippen molar-refractivity contribution in [1.29, 1.82) is 0 Å². The van der Waals surface area contributed by atoms with E-state index in [4.69, 9.17) is 13.9 Å². The Bertz CT molecular complexity index is 1070. The molecule has 2 aromatic carbocycles. The molecule has 0 unspecified atom stereocenters. The van der Waals surface area contributed by atoms with Gasteiger partial charge in [-0.2, -0.15) is 0 Å². The Morgan fingerprint density at radius 3 is 2.62 bits per heavy atom. The van der Waals surface area contributed by atoms with Crippen LogP contribution in [0.3, 0.4) is 0 Å². The van der Waals surface area contributed by atoms with Gasteiger partial charge < -0.3 is 19.2 Å². The van der Waals surface area contributed by atoms with Crippen LogP contribution in [0.1, 0.15) is 18.1 Å². The number of hydrogen-bond donors (Lipinski definition) is 1. The minimum absolute atomic E-state index is 0.347. The number of hydrogen-bond acceptors (Lipinski definition) is 6. The van der Waals surface area contributed by atoms with Gasteiger partial charge in [0.05, 0.1) is 0 Å². The molecule has 3 aromatic rings. The molecule has 0 radical (unpaired) electrons. The molecule has 0 aliphatic carbocycles. The molecular weight excluding hydrogens is 374 g/mol. The Labute approximate surface area is 167 Å². The van der Waals surface area contributed by atoms with Crippen LogP contribution in [0.5, 0.6) is 5.75 Å². The molecule has 0 fully saturated rings. The van der Waals surface area contributed by atoms with Crippen molar-refractivity contribution in [2.24, 2.45) is 0 Å². The summed E-state index contributed by atoms with van der Waals surface area (Å²) >= 11 is 0. The fraction of sp³-hybridized carbons (Fsp3) is 0.227. The summed E-state index contributed by atoms with van der Waals surface area (Å²) in [4.78, 5) is 35.5. The Morgan fingerprint density at radius 2 is 1.86 bits per heavy atom. The Kier molecular flexibility index (Phi) is 6.29. The molecule has 1 atom stereocenters. The van der Waals surface area contributed by atoms with Gasteiger partial charge in [0.1, 0.15) is 11.3 Å². The number of amides is 1. The number of aryl methyl sites for hydroxylation is 1. The lowest BCUT2D eigenvalue weighted by atomic mass is 10.1. The number of carbonyl (C=O) groups excluding carboxylic acids is 2. The molecule has 29 heavy (non-hydrogen) atoms. The first kappa shape index (κ1) is 20.1. The maximum Gasteiger partial charge on any atom is 0.344 e. The van der Waals surface area contributed by atoms with Crippen LogP contribution in [0, 0.1) is 6.92 Å². The highest BCUT2D eigenvalue weighted by Crippen LogP contribution is 2.22. The van der Waals surface area contributed by atoms with Crippen LogP contribution >= 0.6 is 0 Å². The van der Waals surface area contributed by atoms with E-state index < -0.39 is 23.6 Å². The molecule has 0 saturated heterocycles. The molecule has 1 amide bonds. The zero-order valence-electron chi connectivity index (χ0n) is 16.1. The van der Waals surface area contributed by atoms with Gasteiger partial charge in [0.2, 0.25) is 0 Å². The first-order valence-corrected chi connectivity index (χ1v) is 9.11. The van der Waals surface area contributed by atoms with E-state index >= 15 is 0 Å². The van der Waals surface area contributed by atoms with Gasteiger partial charge in [0, 0.05) is 24.1 Å². The summed E-state index contributed by atoms with van der Waals surface area (Å²) in [5, 5.41) is 3.49. The van der Waals surface area contributed by atoms with Crippen molar-refractivity contribution in [2.75, 3.05) is 6.61 Å². The number of carbonyl (C=O) groups is 2. The van der Waals surface area contributed by atoms with Crippen LogP contribution in [0.25, 0.3) is 11.0 Å². The van der Waals surface area contributed by atoms with Gasteiger partial charge in [-0.1, -0.05) is 30.3 Å². The van der Waals surface area contributed by atoms with E-state index in [-0.39, 0.29) is 6.61 Å². The van der Waals surface area contributed by atoms with E-state index in [1.54, 1.807) is 19.1 Å². The molecular formula is C22H21NO6. The number of rotatable bonds is 7. The zero-order chi connectivity index (χ0) is 20.8. The average molecular weight is 395 g/mol. The van der Waals surface area contributed by atoms with Crippen molar-refractivity contribution >= 4 is 22.8 Å². The quantitative estimate of drug-likeness (QED) is 0.488. The number of ether oxygens (including phenoxy) is 2. The summed E-state index contributed by atoms with van der Waals surface area (Å²) < 4.78 is 15.6. The first-order chi connectivity index (χ1) is 13.9. The SMILES string of the molecule is Cc1cc(=O)oc2cc(OCC(=O)O[C@H](C)C(=O)NCc3ccccc3)ccc12. The van der Waals surface area contributed by atoms with Crippen LogP contribution in [-0.4, -0.2) is 24.6 Å². The standard InChI is InChI=1S/C22H21NO6/c1-14-10-20(24)29-19-11-17(8-9-18(14)19)27-13-21(25)28-15(2)22(26)23-12-16-6-4-3-5-7-16/h3-11,15H,12-13H2,1-2H3,(H,23,26)/t15-/m1/s1. The van der Waals surface area contributed by atoms with Crippen LogP contribution < -0.4 is 15.7 Å². The third-order valence-electron chi connectivity index (χ3n) is 4.27. The third kappa shape index (κ3) is 5.44. The second-order valence-corrected chi connectivity index (χ2v) is 6.53. The van der Waals surface area contributed by atoms with Gasteiger partial charge >= 0.3 is 11.6 Å². The molecule has 3 rings (SSSR count). The van der Waals surface area contributed by atoms with E-state index in [9.17, 15) is 14.4 Å². The Balaban J connectivity index is 1.50. The topological polar surface area (TPSA) is 94.8 Å². The van der Waals surface area contributed by atoms with Crippen LogP contribution in [0.15, 0.2) is 63.8 Å². The molecule has 0 saturated carbocycles. The van der Waals surface area contributed by atoms with Crippen molar-refractivity contribution < 1.29 is 23.5 Å². The van der Waals surface area contributed by atoms with Gasteiger partial charge in [-0.05, 0) is 37.1 Å². The van der Waals surface area contributed by atoms with Crippen molar-refractivity contribution in [3.8, 4) is 5.75 Å². The normalized spacial score (nSPS) is 11.7. The summed E-state index contributed by atoms with van der Waals surface area (Å²) in [6.45, 7) is 3.27. The lowest BCUT2D eigenvalue weighted by molar-refractivity contribution is -0.156. The smallest absolute Gasteiger partial charge is 0.344 e. The Hall–Kier alpha value is -3.61. The van der Waals surface area contributed by atoms with Crippen molar-refractivity contribution in [1.82, 2.24) is 5.32 Å². The van der Waals surface area contributed by atoms with E-state index in [2.05, 4.69) is 5.32 Å². The lowest BCUT2D eigenvalue weighted by Crippen LogP contribution is -2.36. The first-order valence-electron chi connectivity index (χ1n) is 9.11. The fourth-order valence-corrected chi connectivity index (χ4v) is 2.75. The second kappa shape index (κ2) is 9.05. The minimum atomic E-state index is -0.952. The minimum Gasteiger partial charge on any atom is -0.482 e. The highest BCUT2D eigenvalue weighted by atomic mass is 16.6. The molecule has 7 heteroatoms. The third-order valence-corrected chi connectivity index (χ3v) is 4.27. The highest BCUT2D eigenvalue weighted by molar-refractivity contribution is 5.84. The van der Waals surface area contributed by atoms with E-state index in [0.29, 0.717) is 17.9 Å². The van der Waals surface area contributed by atoms with Gasteiger partial charge in [0.15, 0.2) is 12.7 Å². The summed E-state index contributed by atoms with van der Waals surface area (Å²) in [5.74, 6) is -0.729. The van der Waals surface area contributed by atoms with Gasteiger partial charge in [-0.3, -0.25) is 4.79 Å². The van der Waals surface area contributed by atoms with E-state index in [1.165, 1.54) is 19.1 Å². The van der Waals surface area contributed by atoms with Gasteiger partial charge in [-0.25, -0.2) is 9.59 Å². The largest absolute Gasteiger partial charge is 0.482 e. The average Bonchev–Trinajstić information content (AvgIpc) is 2.70. The van der Waals surface area contributed by atoms with Crippen molar-refractivity contribution in [2.45, 2.75) is 26.5 Å². The maximum atomic E-state index is 12.1. The molecule has 0 bridgehead atoms. The molecule has 1 aromatic heterocycles. The number of nitrogens with one attached hydrogen (secondary N) is 1. The molecule has 0 aliphatic rings. The van der Waals surface area contributed by atoms with Crippen molar-refractivity contribution in [3.05, 3.63) is 76.1 Å². The summed E-state index contributed by atoms with van der Waals surface area (Å²) in [7, 11) is 0. The van der Waals surface area contributed by atoms with E-state index in [0.717, 1.165) is 16.5 Å². The number of fused-ring (bicyclic) bond motifs is 1. The van der Waals surface area contributed by atoms with E-state index in [1.807, 2.05) is 30.3 Å². The molecule has 0 spiro atoms. The number of benzene rings is 2. The summed E-state index contributed by atoms with van der Waals surface area (Å²) in [6, 6.07) is 15.8. The highest BCUT2D eigenvalue weighted by Gasteiger charge is 2.18. The molecule has 1 N–H and O–H groups in total. The summed E-state index contributed by atoms with van der Waals surface area (Å²) in [5.41, 5.74) is 1.65. The molecule has 150 valence electrons. The number of esters is 1. The Morgan fingerprint density at radius 1 is 1.10 bits per heavy atom. The predicted octanol–water partition coefficient (Wildman–Crippen LogP) is 2.73. The van der Waals surface area contributed by atoms with Gasteiger partial charge in [-0.15, -0.1) is 0 Å².